The minimum absolute atomic E-state index is 0.0998. The molecule has 0 fully saturated rings. The van der Waals surface area contributed by atoms with Gasteiger partial charge in [0.2, 0.25) is 5.91 Å². The zero-order chi connectivity index (χ0) is 18.4. The SMILES string of the molecule is CCOCCCNC(=O)CCN1C(=O)C(C)(C)Oc2ccc(Cl)cc21. The van der Waals surface area contributed by atoms with E-state index in [1.54, 1.807) is 36.9 Å². The number of hydrogen-bond donors (Lipinski definition) is 1. The van der Waals surface area contributed by atoms with Crippen LogP contribution in [0, 0.1) is 0 Å². The van der Waals surface area contributed by atoms with Crippen molar-refractivity contribution in [2.75, 3.05) is 31.2 Å². The van der Waals surface area contributed by atoms with Gasteiger partial charge in [-0.15, -0.1) is 0 Å². The van der Waals surface area contributed by atoms with E-state index in [0.717, 1.165) is 6.42 Å². The lowest BCUT2D eigenvalue weighted by Gasteiger charge is -2.38. The highest BCUT2D eigenvalue weighted by Gasteiger charge is 2.40. The number of amides is 2. The Balaban J connectivity index is 1.97. The number of halogens is 1. The van der Waals surface area contributed by atoms with Gasteiger partial charge < -0.3 is 19.7 Å². The first-order valence-corrected chi connectivity index (χ1v) is 8.88. The third-order valence-electron chi connectivity index (χ3n) is 3.89. The lowest BCUT2D eigenvalue weighted by atomic mass is 10.0. The molecule has 0 radical (unpaired) electrons. The minimum Gasteiger partial charge on any atom is -0.476 e. The largest absolute Gasteiger partial charge is 0.476 e. The summed E-state index contributed by atoms with van der Waals surface area (Å²) in [6, 6.07) is 5.15. The Morgan fingerprint density at radius 3 is 2.88 bits per heavy atom. The van der Waals surface area contributed by atoms with Gasteiger partial charge in [0, 0.05) is 37.7 Å². The molecule has 6 nitrogen and oxygen atoms in total. The van der Waals surface area contributed by atoms with E-state index in [1.807, 2.05) is 6.92 Å². The molecule has 0 atom stereocenters. The third-order valence-corrected chi connectivity index (χ3v) is 4.13. The molecule has 1 aliphatic rings. The van der Waals surface area contributed by atoms with Crippen molar-refractivity contribution in [1.29, 1.82) is 0 Å². The maximum Gasteiger partial charge on any atom is 0.270 e. The summed E-state index contributed by atoms with van der Waals surface area (Å²) in [4.78, 5) is 26.3. The summed E-state index contributed by atoms with van der Waals surface area (Å²) in [5.41, 5.74) is -0.379. The van der Waals surface area contributed by atoms with Crippen LogP contribution in [0.3, 0.4) is 0 Å². The monoisotopic (exact) mass is 368 g/mol. The number of anilines is 1. The third kappa shape index (κ3) is 5.09. The molecule has 1 aromatic carbocycles. The van der Waals surface area contributed by atoms with Crippen molar-refractivity contribution in [2.24, 2.45) is 0 Å². The van der Waals surface area contributed by atoms with Crippen molar-refractivity contribution >= 4 is 29.1 Å². The van der Waals surface area contributed by atoms with Gasteiger partial charge in [-0.3, -0.25) is 9.59 Å². The Labute approximate surface area is 153 Å². The highest BCUT2D eigenvalue weighted by molar-refractivity contribution is 6.31. The van der Waals surface area contributed by atoms with Crippen LogP contribution in [0.15, 0.2) is 18.2 Å². The summed E-state index contributed by atoms with van der Waals surface area (Å²) in [6.07, 6.45) is 0.976. The number of ether oxygens (including phenoxy) is 2. The first kappa shape index (κ1) is 19.5. The van der Waals surface area contributed by atoms with Crippen LogP contribution in [0.1, 0.15) is 33.6 Å². The number of nitrogens with zero attached hydrogens (tertiary/aromatic N) is 1. The number of hydrogen-bond acceptors (Lipinski definition) is 4. The fraction of sp³-hybridized carbons (Fsp3) is 0.556. The smallest absolute Gasteiger partial charge is 0.270 e. The highest BCUT2D eigenvalue weighted by Crippen LogP contribution is 2.39. The second-order valence-corrected chi connectivity index (χ2v) is 6.77. The van der Waals surface area contributed by atoms with Crippen LogP contribution in [0.25, 0.3) is 0 Å². The Bertz CT molecular complexity index is 634. The van der Waals surface area contributed by atoms with E-state index in [1.165, 1.54) is 0 Å². The Kier molecular flexibility index (Phi) is 6.67. The number of rotatable bonds is 8. The lowest BCUT2D eigenvalue weighted by molar-refractivity contribution is -0.132. The molecule has 0 aromatic heterocycles. The molecule has 0 unspecified atom stereocenters. The molecule has 0 spiro atoms. The topological polar surface area (TPSA) is 67.9 Å². The average Bonchev–Trinajstić information content (AvgIpc) is 2.56. The first-order valence-electron chi connectivity index (χ1n) is 8.50. The van der Waals surface area contributed by atoms with Crippen LogP contribution in [0.4, 0.5) is 5.69 Å². The molecule has 0 saturated heterocycles. The summed E-state index contributed by atoms with van der Waals surface area (Å²) in [7, 11) is 0. The normalized spacial score (nSPS) is 15.5. The zero-order valence-corrected chi connectivity index (χ0v) is 15.7. The van der Waals surface area contributed by atoms with Gasteiger partial charge >= 0.3 is 0 Å². The molecular formula is C18H25ClN2O4. The predicted octanol–water partition coefficient (Wildman–Crippen LogP) is 2.78. The number of carbonyl (C=O) groups is 2. The number of nitrogens with one attached hydrogen (secondary N) is 1. The van der Waals surface area contributed by atoms with Crippen LogP contribution in [-0.4, -0.2) is 43.7 Å². The molecule has 0 aliphatic carbocycles. The lowest BCUT2D eigenvalue weighted by Crippen LogP contribution is -2.53. The maximum absolute atomic E-state index is 12.7. The number of benzene rings is 1. The Morgan fingerprint density at radius 1 is 1.40 bits per heavy atom. The standard InChI is InChI=1S/C18H25ClN2O4/c1-4-24-11-5-9-20-16(22)8-10-21-14-12-13(19)6-7-15(14)25-18(2,3)17(21)23/h6-7,12H,4-5,8-11H2,1-3H3,(H,20,22). The maximum atomic E-state index is 12.7. The predicted molar refractivity (Wildman–Crippen MR) is 97.2 cm³/mol. The average molecular weight is 369 g/mol. The molecular weight excluding hydrogens is 344 g/mol. The van der Waals surface area contributed by atoms with Gasteiger partial charge in [0.25, 0.3) is 5.91 Å². The van der Waals surface area contributed by atoms with E-state index in [9.17, 15) is 9.59 Å². The summed E-state index contributed by atoms with van der Waals surface area (Å²) < 4.78 is 11.0. The molecule has 1 aromatic rings. The second kappa shape index (κ2) is 8.54. The van der Waals surface area contributed by atoms with Crippen LogP contribution >= 0.6 is 11.6 Å². The van der Waals surface area contributed by atoms with Crippen LogP contribution in [-0.2, 0) is 14.3 Å². The van der Waals surface area contributed by atoms with E-state index in [4.69, 9.17) is 21.1 Å². The van der Waals surface area contributed by atoms with Crippen molar-refractivity contribution in [3.63, 3.8) is 0 Å². The van der Waals surface area contributed by atoms with Crippen LogP contribution in [0.2, 0.25) is 5.02 Å². The van der Waals surface area contributed by atoms with E-state index in [0.29, 0.717) is 36.2 Å². The molecule has 0 saturated carbocycles. The fourth-order valence-electron chi connectivity index (χ4n) is 2.61. The number of fused-ring (bicyclic) bond motifs is 1. The zero-order valence-electron chi connectivity index (χ0n) is 14.9. The first-order chi connectivity index (χ1) is 11.8. The molecule has 2 amide bonds. The van der Waals surface area contributed by atoms with E-state index in [-0.39, 0.29) is 24.8 Å². The number of carbonyl (C=O) groups excluding carboxylic acids is 2. The quantitative estimate of drug-likeness (QED) is 0.716. The Hall–Kier alpha value is -1.79. The van der Waals surface area contributed by atoms with Gasteiger partial charge in [-0.25, -0.2) is 0 Å². The molecule has 1 heterocycles. The van der Waals surface area contributed by atoms with Crippen molar-refractivity contribution in [3.8, 4) is 5.75 Å². The van der Waals surface area contributed by atoms with Crippen LogP contribution < -0.4 is 15.0 Å². The summed E-state index contributed by atoms with van der Waals surface area (Å²) in [6.45, 7) is 7.49. The second-order valence-electron chi connectivity index (χ2n) is 6.33. The van der Waals surface area contributed by atoms with Gasteiger partial charge in [0.05, 0.1) is 5.69 Å². The molecule has 138 valence electrons. The highest BCUT2D eigenvalue weighted by atomic mass is 35.5. The van der Waals surface area contributed by atoms with Crippen molar-refractivity contribution in [3.05, 3.63) is 23.2 Å². The molecule has 7 heteroatoms. The fourth-order valence-corrected chi connectivity index (χ4v) is 2.78. The van der Waals surface area contributed by atoms with Gasteiger partial charge in [-0.2, -0.15) is 0 Å². The molecule has 1 aliphatic heterocycles. The van der Waals surface area contributed by atoms with E-state index < -0.39 is 5.60 Å². The van der Waals surface area contributed by atoms with Crippen LogP contribution in [0.5, 0.6) is 5.75 Å². The molecule has 2 rings (SSSR count). The van der Waals surface area contributed by atoms with Gasteiger partial charge in [-0.05, 0) is 45.4 Å². The summed E-state index contributed by atoms with van der Waals surface area (Å²) in [5, 5.41) is 3.35. The molecule has 0 bridgehead atoms. The minimum atomic E-state index is -0.977. The van der Waals surface area contributed by atoms with E-state index in [2.05, 4.69) is 5.32 Å². The summed E-state index contributed by atoms with van der Waals surface area (Å²) >= 11 is 6.05. The van der Waals surface area contributed by atoms with Crippen molar-refractivity contribution in [1.82, 2.24) is 5.32 Å². The van der Waals surface area contributed by atoms with Crippen molar-refractivity contribution < 1.29 is 19.1 Å². The Morgan fingerprint density at radius 2 is 2.16 bits per heavy atom. The molecule has 25 heavy (non-hydrogen) atoms. The van der Waals surface area contributed by atoms with Gasteiger partial charge in [-0.1, -0.05) is 11.6 Å². The summed E-state index contributed by atoms with van der Waals surface area (Å²) in [5.74, 6) is 0.301. The van der Waals surface area contributed by atoms with Crippen molar-refractivity contribution in [2.45, 2.75) is 39.2 Å². The molecule has 1 N–H and O–H groups in total. The van der Waals surface area contributed by atoms with E-state index >= 15 is 0 Å². The van der Waals surface area contributed by atoms with Gasteiger partial charge in [0.1, 0.15) is 5.75 Å². The van der Waals surface area contributed by atoms with Gasteiger partial charge in [0.15, 0.2) is 5.60 Å².